The molecule has 0 N–H and O–H groups in total. The van der Waals surface area contributed by atoms with E-state index in [1.165, 1.54) is 24.8 Å². The molecule has 2 nitrogen and oxygen atoms in total. The number of hydrogen-bond donors (Lipinski definition) is 0. The zero-order valence-corrected chi connectivity index (χ0v) is 13.1. The van der Waals surface area contributed by atoms with Gasteiger partial charge in [0.1, 0.15) is 0 Å². The standard InChI is InChI=1S/C16H19Cl2NO/c1-20-15-8-19-10-3-5-14(19)16(15)11(7-10)9-2-4-12(17)13(18)6-9/h2,4,6,10-11,14-16H,3,5,7-8H2,1H3/t10-,11+,14+,15-,16-/m1/s1. The van der Waals surface area contributed by atoms with Crippen LogP contribution in [0.3, 0.4) is 0 Å². The molecule has 0 radical (unpaired) electrons. The van der Waals surface area contributed by atoms with Crippen LogP contribution in [-0.4, -0.2) is 36.7 Å². The summed E-state index contributed by atoms with van der Waals surface area (Å²) in [6, 6.07) is 7.59. The summed E-state index contributed by atoms with van der Waals surface area (Å²) in [5.74, 6) is 1.17. The molecule has 3 saturated heterocycles. The number of methoxy groups -OCH3 is 1. The number of nitrogens with zero attached hydrogens (tertiary/aromatic N) is 1. The Hall–Kier alpha value is -0.280. The second-order valence-corrected chi connectivity index (χ2v) is 7.18. The second-order valence-electron chi connectivity index (χ2n) is 6.36. The average molecular weight is 312 g/mol. The van der Waals surface area contributed by atoms with E-state index >= 15 is 0 Å². The highest BCUT2D eigenvalue weighted by molar-refractivity contribution is 6.42. The van der Waals surface area contributed by atoms with Crippen LogP contribution in [0.5, 0.6) is 0 Å². The Kier molecular flexibility index (Phi) is 3.26. The quantitative estimate of drug-likeness (QED) is 0.819. The molecule has 3 fully saturated rings. The van der Waals surface area contributed by atoms with Crippen molar-refractivity contribution in [1.82, 2.24) is 4.90 Å². The number of halogens is 2. The lowest BCUT2D eigenvalue weighted by molar-refractivity contribution is 0.0652. The summed E-state index contributed by atoms with van der Waals surface area (Å²) < 4.78 is 5.78. The Balaban J connectivity index is 1.72. The molecule has 1 aromatic carbocycles. The SMILES string of the molecule is CO[C@@H]1CN2[C@@H]3CC[C@H]2[C@H]1[C@H](c1ccc(Cl)c(Cl)c1)C3. The highest BCUT2D eigenvalue weighted by Crippen LogP contribution is 2.53. The minimum atomic E-state index is 0.366. The van der Waals surface area contributed by atoms with Gasteiger partial charge in [-0.25, -0.2) is 0 Å². The fourth-order valence-electron chi connectivity index (χ4n) is 4.80. The first-order chi connectivity index (χ1) is 9.69. The van der Waals surface area contributed by atoms with Gasteiger partial charge < -0.3 is 4.74 Å². The third kappa shape index (κ3) is 1.85. The molecule has 4 rings (SSSR count). The largest absolute Gasteiger partial charge is 0.380 e. The normalized spacial score (nSPS) is 42.1. The monoisotopic (exact) mass is 311 g/mol. The van der Waals surface area contributed by atoms with Crippen molar-refractivity contribution < 1.29 is 4.74 Å². The van der Waals surface area contributed by atoms with E-state index in [9.17, 15) is 0 Å². The molecular formula is C16H19Cl2NO. The molecule has 0 amide bonds. The number of rotatable bonds is 2. The van der Waals surface area contributed by atoms with Crippen molar-refractivity contribution in [3.8, 4) is 0 Å². The molecule has 0 saturated carbocycles. The molecule has 108 valence electrons. The van der Waals surface area contributed by atoms with Crippen molar-refractivity contribution in [1.29, 1.82) is 0 Å². The lowest BCUT2D eigenvalue weighted by atomic mass is 9.77. The first-order valence-electron chi connectivity index (χ1n) is 7.42. The van der Waals surface area contributed by atoms with Crippen LogP contribution in [-0.2, 0) is 4.74 Å². The van der Waals surface area contributed by atoms with Gasteiger partial charge in [0.2, 0.25) is 0 Å². The second kappa shape index (κ2) is 4.88. The van der Waals surface area contributed by atoms with Gasteiger partial charge in [0.15, 0.2) is 0 Å². The Morgan fingerprint density at radius 1 is 1.20 bits per heavy atom. The molecule has 3 aliphatic heterocycles. The smallest absolute Gasteiger partial charge is 0.0747 e. The van der Waals surface area contributed by atoms with E-state index in [4.69, 9.17) is 27.9 Å². The lowest BCUT2D eigenvalue weighted by Gasteiger charge is -2.38. The van der Waals surface area contributed by atoms with Crippen LogP contribution in [0.1, 0.15) is 30.7 Å². The fraction of sp³-hybridized carbons (Fsp3) is 0.625. The summed E-state index contributed by atoms with van der Waals surface area (Å²) in [5.41, 5.74) is 1.34. The lowest BCUT2D eigenvalue weighted by Crippen LogP contribution is -2.41. The topological polar surface area (TPSA) is 12.5 Å². The summed E-state index contributed by atoms with van der Waals surface area (Å²) in [5, 5.41) is 1.32. The van der Waals surface area contributed by atoms with Gasteiger partial charge in [0.05, 0.1) is 16.1 Å². The van der Waals surface area contributed by atoms with Crippen molar-refractivity contribution in [2.45, 2.75) is 43.4 Å². The van der Waals surface area contributed by atoms with Crippen molar-refractivity contribution in [2.24, 2.45) is 5.92 Å². The van der Waals surface area contributed by atoms with Crippen LogP contribution in [0.4, 0.5) is 0 Å². The highest BCUT2D eigenvalue weighted by atomic mass is 35.5. The van der Waals surface area contributed by atoms with Gasteiger partial charge in [-0.1, -0.05) is 29.3 Å². The predicted molar refractivity (Wildman–Crippen MR) is 81.6 cm³/mol. The van der Waals surface area contributed by atoms with Gasteiger partial charge in [-0.3, -0.25) is 4.90 Å². The maximum absolute atomic E-state index is 6.22. The maximum Gasteiger partial charge on any atom is 0.0747 e. The number of ether oxygens (including phenoxy) is 1. The van der Waals surface area contributed by atoms with E-state index in [0.29, 0.717) is 34.0 Å². The van der Waals surface area contributed by atoms with E-state index in [2.05, 4.69) is 17.0 Å². The van der Waals surface area contributed by atoms with E-state index in [-0.39, 0.29) is 0 Å². The summed E-state index contributed by atoms with van der Waals surface area (Å²) in [6.07, 6.45) is 4.27. The third-order valence-electron chi connectivity index (χ3n) is 5.62. The first kappa shape index (κ1) is 13.4. The van der Waals surface area contributed by atoms with Crippen LogP contribution in [0.15, 0.2) is 18.2 Å². The van der Waals surface area contributed by atoms with Crippen molar-refractivity contribution in [3.63, 3.8) is 0 Å². The van der Waals surface area contributed by atoms with E-state index < -0.39 is 0 Å². The molecule has 4 bridgehead atoms. The van der Waals surface area contributed by atoms with Gasteiger partial charge >= 0.3 is 0 Å². The molecule has 0 aliphatic carbocycles. The highest BCUT2D eigenvalue weighted by Gasteiger charge is 2.55. The summed E-state index contributed by atoms with van der Waals surface area (Å²) in [4.78, 5) is 2.69. The van der Waals surface area contributed by atoms with E-state index in [1.807, 2.05) is 13.2 Å². The Bertz CT molecular complexity index is 535. The number of benzene rings is 1. The van der Waals surface area contributed by atoms with Gasteiger partial charge in [0, 0.05) is 31.7 Å². The Labute approximate surface area is 130 Å². The van der Waals surface area contributed by atoms with Crippen LogP contribution < -0.4 is 0 Å². The van der Waals surface area contributed by atoms with Crippen LogP contribution in [0.2, 0.25) is 10.0 Å². The Morgan fingerprint density at radius 2 is 2.05 bits per heavy atom. The molecule has 1 unspecified atom stereocenters. The zero-order chi connectivity index (χ0) is 13.9. The maximum atomic E-state index is 6.22. The van der Waals surface area contributed by atoms with Crippen molar-refractivity contribution in [3.05, 3.63) is 33.8 Å². The third-order valence-corrected chi connectivity index (χ3v) is 6.36. The zero-order valence-electron chi connectivity index (χ0n) is 11.6. The average Bonchev–Trinajstić information content (AvgIpc) is 2.87. The molecule has 6 atom stereocenters. The van der Waals surface area contributed by atoms with Gasteiger partial charge in [-0.15, -0.1) is 0 Å². The molecule has 20 heavy (non-hydrogen) atoms. The molecular weight excluding hydrogens is 293 g/mol. The van der Waals surface area contributed by atoms with Crippen LogP contribution in [0, 0.1) is 5.92 Å². The molecule has 0 aromatic heterocycles. The van der Waals surface area contributed by atoms with Gasteiger partial charge in [0.25, 0.3) is 0 Å². The minimum Gasteiger partial charge on any atom is -0.380 e. The molecule has 0 spiro atoms. The minimum absolute atomic E-state index is 0.366. The van der Waals surface area contributed by atoms with Gasteiger partial charge in [-0.2, -0.15) is 0 Å². The number of piperidine rings is 1. The van der Waals surface area contributed by atoms with E-state index in [1.54, 1.807) is 0 Å². The summed E-state index contributed by atoms with van der Waals surface area (Å²) >= 11 is 12.3. The van der Waals surface area contributed by atoms with Gasteiger partial charge in [-0.05, 0) is 42.9 Å². The van der Waals surface area contributed by atoms with Crippen LogP contribution >= 0.6 is 23.2 Å². The molecule has 3 aliphatic rings. The van der Waals surface area contributed by atoms with Crippen molar-refractivity contribution in [2.75, 3.05) is 13.7 Å². The molecule has 3 heterocycles. The summed E-state index contributed by atoms with van der Waals surface area (Å²) in [6.45, 7) is 1.11. The first-order valence-corrected chi connectivity index (χ1v) is 8.18. The molecule has 4 heteroatoms. The fourth-order valence-corrected chi connectivity index (χ4v) is 5.11. The van der Waals surface area contributed by atoms with Crippen molar-refractivity contribution >= 4 is 23.2 Å². The Morgan fingerprint density at radius 3 is 2.80 bits per heavy atom. The van der Waals surface area contributed by atoms with E-state index in [0.717, 1.165) is 12.6 Å². The summed E-state index contributed by atoms with van der Waals surface area (Å²) in [7, 11) is 1.85. The predicted octanol–water partition coefficient (Wildman–Crippen LogP) is 3.96. The number of hydrogen-bond acceptors (Lipinski definition) is 2. The van der Waals surface area contributed by atoms with Crippen LogP contribution in [0.25, 0.3) is 0 Å². The molecule has 1 aromatic rings.